The topological polar surface area (TPSA) is 66.0 Å². The maximum Gasteiger partial charge on any atom is 0.329 e. The first kappa shape index (κ1) is 20.8. The lowest BCUT2D eigenvalue weighted by molar-refractivity contribution is 0.0793. The highest BCUT2D eigenvalue weighted by molar-refractivity contribution is 6.08. The summed E-state index contributed by atoms with van der Waals surface area (Å²) in [6.45, 7) is 2.31. The second kappa shape index (κ2) is 8.45. The molecule has 1 aromatic heterocycles. The van der Waals surface area contributed by atoms with Crippen LogP contribution >= 0.6 is 0 Å². The Bertz CT molecular complexity index is 977. The summed E-state index contributed by atoms with van der Waals surface area (Å²) in [5.41, 5.74) is 2.11. The first-order chi connectivity index (χ1) is 15.6. The number of urea groups is 1. The van der Waals surface area contributed by atoms with Crippen LogP contribution in [0.25, 0.3) is 0 Å². The second-order valence-corrected chi connectivity index (χ2v) is 9.09. The average Bonchev–Trinajstić information content (AvgIpc) is 3.47. The van der Waals surface area contributed by atoms with E-state index in [1.165, 1.54) is 6.42 Å². The van der Waals surface area contributed by atoms with E-state index in [-0.39, 0.29) is 17.5 Å². The van der Waals surface area contributed by atoms with Crippen LogP contribution in [0.15, 0.2) is 42.6 Å². The number of hydrogen-bond donors (Lipinski definition) is 0. The van der Waals surface area contributed by atoms with Gasteiger partial charge in [-0.3, -0.25) is 14.6 Å². The first-order valence-electron chi connectivity index (χ1n) is 11.6. The third-order valence-corrected chi connectivity index (χ3v) is 7.14. The minimum Gasteiger partial charge on any atom is -0.481 e. The normalized spacial score (nSPS) is 20.3. The van der Waals surface area contributed by atoms with Crippen molar-refractivity contribution in [2.24, 2.45) is 0 Å². The Hall–Kier alpha value is -3.09. The number of carbonyl (C=O) groups is 2. The molecular weight excluding hydrogens is 404 g/mol. The van der Waals surface area contributed by atoms with Crippen LogP contribution in [0, 0.1) is 0 Å². The van der Waals surface area contributed by atoms with E-state index >= 15 is 0 Å². The molecule has 3 fully saturated rings. The van der Waals surface area contributed by atoms with E-state index < -0.39 is 0 Å². The number of anilines is 2. The maximum absolute atomic E-state index is 13.7. The zero-order chi connectivity index (χ0) is 22.1. The molecule has 2 saturated heterocycles. The van der Waals surface area contributed by atoms with Gasteiger partial charge in [-0.2, -0.15) is 0 Å². The van der Waals surface area contributed by atoms with Crippen molar-refractivity contribution < 1.29 is 14.3 Å². The number of hydrogen-bond acceptors (Lipinski definition) is 4. The third kappa shape index (κ3) is 3.59. The Labute approximate surface area is 189 Å². The molecule has 3 aliphatic rings. The van der Waals surface area contributed by atoms with E-state index in [0.29, 0.717) is 18.0 Å². The van der Waals surface area contributed by atoms with E-state index in [1.54, 1.807) is 19.4 Å². The zero-order valence-electron chi connectivity index (χ0n) is 18.6. The van der Waals surface area contributed by atoms with Crippen LogP contribution < -0.4 is 14.5 Å². The van der Waals surface area contributed by atoms with Crippen LogP contribution in [-0.4, -0.2) is 54.1 Å². The molecule has 1 aromatic carbocycles. The molecule has 1 spiro atoms. The lowest BCUT2D eigenvalue weighted by atomic mass is 9.81. The van der Waals surface area contributed by atoms with Gasteiger partial charge in [0.15, 0.2) is 0 Å². The number of ether oxygens (including phenoxy) is 1. The Morgan fingerprint density at radius 2 is 1.62 bits per heavy atom. The summed E-state index contributed by atoms with van der Waals surface area (Å²) in [5.74, 6) is 0.614. The molecule has 168 valence electrons. The summed E-state index contributed by atoms with van der Waals surface area (Å²) >= 11 is 0. The molecule has 7 nitrogen and oxygen atoms in total. The van der Waals surface area contributed by atoms with Crippen molar-refractivity contribution >= 4 is 23.3 Å². The number of methoxy groups -OCH3 is 1. The second-order valence-electron chi connectivity index (χ2n) is 9.09. The highest BCUT2D eigenvalue weighted by atomic mass is 16.5. The van der Waals surface area contributed by atoms with Crippen molar-refractivity contribution in [3.8, 4) is 5.88 Å². The molecule has 0 bridgehead atoms. The molecule has 32 heavy (non-hydrogen) atoms. The molecule has 2 aromatic rings. The molecule has 2 aliphatic heterocycles. The van der Waals surface area contributed by atoms with Crippen molar-refractivity contribution in [2.75, 3.05) is 36.5 Å². The maximum atomic E-state index is 13.7. The fourth-order valence-corrected chi connectivity index (χ4v) is 5.44. The van der Waals surface area contributed by atoms with Crippen LogP contribution in [0.4, 0.5) is 16.2 Å². The summed E-state index contributed by atoms with van der Waals surface area (Å²) in [6.07, 6.45) is 9.25. The standard InChI is InChI=1S/C25H30N4O3/c1-32-22-12-11-21(17-26-22)28-18-25(13-3-2-4-14-25)29(24(28)31)20-9-7-19(8-10-20)23(30)27-15-5-6-16-27/h7-12,17H,2-6,13-16,18H2,1H3. The van der Waals surface area contributed by atoms with Gasteiger partial charge >= 0.3 is 6.03 Å². The van der Waals surface area contributed by atoms with Crippen molar-refractivity contribution in [3.05, 3.63) is 48.2 Å². The van der Waals surface area contributed by atoms with Gasteiger partial charge in [-0.15, -0.1) is 0 Å². The van der Waals surface area contributed by atoms with Crippen LogP contribution in [0.5, 0.6) is 5.88 Å². The molecule has 0 radical (unpaired) electrons. The minimum atomic E-state index is -0.226. The number of amides is 3. The smallest absolute Gasteiger partial charge is 0.329 e. The van der Waals surface area contributed by atoms with Gasteiger partial charge in [0, 0.05) is 30.4 Å². The van der Waals surface area contributed by atoms with E-state index in [4.69, 9.17) is 4.74 Å². The molecule has 5 rings (SSSR count). The molecule has 3 amide bonds. The van der Waals surface area contributed by atoms with Gasteiger partial charge in [0.2, 0.25) is 5.88 Å². The van der Waals surface area contributed by atoms with Gasteiger partial charge in [0.05, 0.1) is 31.1 Å². The summed E-state index contributed by atoms with van der Waals surface area (Å²) < 4.78 is 5.17. The molecule has 0 N–H and O–H groups in total. The highest BCUT2D eigenvalue weighted by Gasteiger charge is 2.51. The lowest BCUT2D eigenvalue weighted by Gasteiger charge is -2.40. The van der Waals surface area contributed by atoms with Gasteiger partial charge in [0.1, 0.15) is 0 Å². The van der Waals surface area contributed by atoms with Gasteiger partial charge < -0.3 is 9.64 Å². The van der Waals surface area contributed by atoms with Crippen molar-refractivity contribution in [1.82, 2.24) is 9.88 Å². The van der Waals surface area contributed by atoms with Crippen LogP contribution in [0.3, 0.4) is 0 Å². The predicted molar refractivity (Wildman–Crippen MR) is 123 cm³/mol. The summed E-state index contributed by atoms with van der Waals surface area (Å²) in [7, 11) is 1.58. The van der Waals surface area contributed by atoms with Gasteiger partial charge in [-0.25, -0.2) is 9.78 Å². The highest BCUT2D eigenvalue weighted by Crippen LogP contribution is 2.43. The van der Waals surface area contributed by atoms with E-state index in [2.05, 4.69) is 4.98 Å². The summed E-state index contributed by atoms with van der Waals surface area (Å²) in [6, 6.07) is 11.3. The number of nitrogens with zero attached hydrogens (tertiary/aromatic N) is 4. The number of likely N-dealkylation sites (tertiary alicyclic amines) is 1. The predicted octanol–water partition coefficient (Wildman–Crippen LogP) is 4.48. The lowest BCUT2D eigenvalue weighted by Crippen LogP contribution is -2.48. The summed E-state index contributed by atoms with van der Waals surface area (Å²) in [5, 5.41) is 0. The number of carbonyl (C=O) groups excluding carboxylic acids is 2. The molecule has 7 heteroatoms. The minimum absolute atomic E-state index is 0.0301. The van der Waals surface area contributed by atoms with E-state index in [0.717, 1.165) is 63.0 Å². The monoisotopic (exact) mass is 434 g/mol. The van der Waals surface area contributed by atoms with Crippen LogP contribution in [0.2, 0.25) is 0 Å². The van der Waals surface area contributed by atoms with Crippen molar-refractivity contribution in [1.29, 1.82) is 0 Å². The number of rotatable bonds is 4. The van der Waals surface area contributed by atoms with Gasteiger partial charge in [0.25, 0.3) is 5.91 Å². The third-order valence-electron chi connectivity index (χ3n) is 7.14. The van der Waals surface area contributed by atoms with Gasteiger partial charge in [-0.05, 0) is 56.0 Å². The Balaban J connectivity index is 1.44. The quantitative estimate of drug-likeness (QED) is 0.712. The largest absolute Gasteiger partial charge is 0.481 e. The number of pyridine rings is 1. The van der Waals surface area contributed by atoms with Gasteiger partial charge in [-0.1, -0.05) is 19.3 Å². The van der Waals surface area contributed by atoms with E-state index in [1.807, 2.05) is 45.0 Å². The molecule has 1 saturated carbocycles. The summed E-state index contributed by atoms with van der Waals surface area (Å²) in [4.78, 5) is 36.4. The number of aromatic nitrogens is 1. The van der Waals surface area contributed by atoms with Crippen molar-refractivity contribution in [2.45, 2.75) is 50.5 Å². The Morgan fingerprint density at radius 3 is 2.25 bits per heavy atom. The fraction of sp³-hybridized carbons (Fsp3) is 0.480. The zero-order valence-corrected chi connectivity index (χ0v) is 18.6. The van der Waals surface area contributed by atoms with E-state index in [9.17, 15) is 9.59 Å². The molecule has 0 atom stereocenters. The van der Waals surface area contributed by atoms with Crippen LogP contribution in [-0.2, 0) is 0 Å². The van der Waals surface area contributed by atoms with Crippen LogP contribution in [0.1, 0.15) is 55.3 Å². The number of benzene rings is 1. The van der Waals surface area contributed by atoms with Crippen molar-refractivity contribution in [3.63, 3.8) is 0 Å². The molecular formula is C25H30N4O3. The Kier molecular flexibility index (Phi) is 5.49. The molecule has 1 aliphatic carbocycles. The Morgan fingerprint density at radius 1 is 0.938 bits per heavy atom. The average molecular weight is 435 g/mol. The fourth-order valence-electron chi connectivity index (χ4n) is 5.44. The first-order valence-corrected chi connectivity index (χ1v) is 11.6. The molecule has 3 heterocycles. The molecule has 0 unspecified atom stereocenters. The SMILES string of the molecule is COc1ccc(N2CC3(CCCCC3)N(c3ccc(C(=O)N4CCCC4)cc3)C2=O)cn1.